The summed E-state index contributed by atoms with van der Waals surface area (Å²) < 4.78 is 5.34. The molecule has 0 spiro atoms. The normalized spacial score (nSPS) is 17.8. The number of nitrogens with zero attached hydrogens (tertiary/aromatic N) is 3. The standard InChI is InChI=1S/C14H16N4O2S/c19-13(11-3-1-8-20-11)17-7-4-10-9-21-14(18-10)12-15-5-2-6-16-12/h2,5-6,9,11H,1,3-4,7-8H2,(H,17,19)/t11-/m0/s1. The molecule has 7 heteroatoms. The average Bonchev–Trinajstić information content (AvgIpc) is 3.20. The van der Waals surface area contributed by atoms with Crippen LogP contribution in [0.5, 0.6) is 0 Å². The molecule has 0 bridgehead atoms. The van der Waals surface area contributed by atoms with Gasteiger partial charge in [-0.1, -0.05) is 0 Å². The van der Waals surface area contributed by atoms with Crippen molar-refractivity contribution in [3.05, 3.63) is 29.5 Å². The van der Waals surface area contributed by atoms with Crippen LogP contribution in [0.15, 0.2) is 23.8 Å². The number of carbonyl (C=O) groups is 1. The van der Waals surface area contributed by atoms with E-state index < -0.39 is 0 Å². The summed E-state index contributed by atoms with van der Waals surface area (Å²) in [6.45, 7) is 1.25. The summed E-state index contributed by atoms with van der Waals surface area (Å²) in [6.07, 6.45) is 5.61. The van der Waals surface area contributed by atoms with Gasteiger partial charge in [-0.25, -0.2) is 15.0 Å². The fourth-order valence-electron chi connectivity index (χ4n) is 2.15. The van der Waals surface area contributed by atoms with Crippen molar-refractivity contribution >= 4 is 17.2 Å². The molecule has 0 unspecified atom stereocenters. The molecule has 0 radical (unpaired) electrons. The zero-order valence-electron chi connectivity index (χ0n) is 11.5. The van der Waals surface area contributed by atoms with Gasteiger partial charge >= 0.3 is 0 Å². The number of amides is 1. The second kappa shape index (κ2) is 6.73. The van der Waals surface area contributed by atoms with E-state index in [1.165, 1.54) is 11.3 Å². The maximum atomic E-state index is 11.8. The molecule has 0 aromatic carbocycles. The van der Waals surface area contributed by atoms with Crippen LogP contribution >= 0.6 is 11.3 Å². The van der Waals surface area contributed by atoms with Crippen molar-refractivity contribution in [3.63, 3.8) is 0 Å². The predicted octanol–water partition coefficient (Wildman–Crippen LogP) is 1.44. The van der Waals surface area contributed by atoms with Gasteiger partial charge in [-0.2, -0.15) is 0 Å². The Morgan fingerprint density at radius 2 is 2.29 bits per heavy atom. The highest BCUT2D eigenvalue weighted by atomic mass is 32.1. The van der Waals surface area contributed by atoms with Gasteiger partial charge in [0.2, 0.25) is 5.91 Å². The Labute approximate surface area is 126 Å². The van der Waals surface area contributed by atoms with Crippen LogP contribution in [-0.4, -0.2) is 40.1 Å². The molecule has 2 aromatic heterocycles. The molecule has 1 fully saturated rings. The van der Waals surface area contributed by atoms with E-state index in [0.29, 0.717) is 25.4 Å². The number of carbonyl (C=O) groups excluding carboxylic acids is 1. The van der Waals surface area contributed by atoms with Crippen LogP contribution in [0.4, 0.5) is 0 Å². The highest BCUT2D eigenvalue weighted by molar-refractivity contribution is 7.13. The molecule has 1 aliphatic rings. The minimum Gasteiger partial charge on any atom is -0.368 e. The number of nitrogens with one attached hydrogen (secondary N) is 1. The lowest BCUT2D eigenvalue weighted by molar-refractivity contribution is -0.129. The molecule has 0 saturated carbocycles. The molecule has 2 aromatic rings. The third-order valence-corrected chi connectivity index (χ3v) is 4.10. The first-order valence-corrected chi connectivity index (χ1v) is 7.82. The lowest BCUT2D eigenvalue weighted by Crippen LogP contribution is -2.35. The fraction of sp³-hybridized carbons (Fsp3) is 0.429. The van der Waals surface area contributed by atoms with Crippen molar-refractivity contribution in [1.82, 2.24) is 20.3 Å². The van der Waals surface area contributed by atoms with Crippen molar-refractivity contribution < 1.29 is 9.53 Å². The van der Waals surface area contributed by atoms with Crippen LogP contribution in [0.2, 0.25) is 0 Å². The summed E-state index contributed by atoms with van der Waals surface area (Å²) in [5.41, 5.74) is 0.940. The van der Waals surface area contributed by atoms with E-state index in [9.17, 15) is 4.79 Å². The SMILES string of the molecule is O=C(NCCc1csc(-c2ncccn2)n1)[C@@H]1CCCO1. The molecule has 1 amide bonds. The first kappa shape index (κ1) is 14.1. The molecule has 3 heterocycles. The Hall–Kier alpha value is -1.86. The van der Waals surface area contributed by atoms with Crippen LogP contribution < -0.4 is 5.32 Å². The van der Waals surface area contributed by atoms with Crippen LogP contribution in [0.3, 0.4) is 0 Å². The first-order valence-electron chi connectivity index (χ1n) is 6.94. The van der Waals surface area contributed by atoms with Crippen molar-refractivity contribution in [3.8, 4) is 10.8 Å². The number of aromatic nitrogens is 3. The quantitative estimate of drug-likeness (QED) is 0.904. The summed E-state index contributed by atoms with van der Waals surface area (Å²) >= 11 is 1.51. The van der Waals surface area contributed by atoms with Gasteiger partial charge in [-0.05, 0) is 18.9 Å². The Morgan fingerprint density at radius 1 is 1.43 bits per heavy atom. The average molecular weight is 304 g/mol. The Kier molecular flexibility index (Phi) is 4.52. The van der Waals surface area contributed by atoms with Crippen LogP contribution in [-0.2, 0) is 16.0 Å². The third kappa shape index (κ3) is 3.62. The molecule has 21 heavy (non-hydrogen) atoms. The summed E-state index contributed by atoms with van der Waals surface area (Å²) in [6, 6.07) is 1.78. The minimum atomic E-state index is -0.270. The summed E-state index contributed by atoms with van der Waals surface area (Å²) in [5, 5.41) is 5.67. The van der Waals surface area contributed by atoms with Gasteiger partial charge in [0.05, 0.1) is 5.69 Å². The van der Waals surface area contributed by atoms with Gasteiger partial charge in [0, 0.05) is 37.3 Å². The highest BCUT2D eigenvalue weighted by Crippen LogP contribution is 2.19. The third-order valence-electron chi connectivity index (χ3n) is 3.21. The van der Waals surface area contributed by atoms with Crippen LogP contribution in [0.25, 0.3) is 10.8 Å². The second-order valence-electron chi connectivity index (χ2n) is 4.76. The zero-order valence-corrected chi connectivity index (χ0v) is 12.3. The highest BCUT2D eigenvalue weighted by Gasteiger charge is 2.22. The molecule has 1 saturated heterocycles. The van der Waals surface area contributed by atoms with E-state index in [1.54, 1.807) is 18.5 Å². The lowest BCUT2D eigenvalue weighted by Gasteiger charge is -2.09. The van der Waals surface area contributed by atoms with Gasteiger partial charge < -0.3 is 10.1 Å². The number of hydrogen-bond donors (Lipinski definition) is 1. The molecule has 0 aliphatic carbocycles. The summed E-state index contributed by atoms with van der Waals surface area (Å²) in [5.74, 6) is 0.617. The minimum absolute atomic E-state index is 0.0191. The Balaban J connectivity index is 1.50. The van der Waals surface area contributed by atoms with E-state index in [4.69, 9.17) is 4.74 Å². The topological polar surface area (TPSA) is 77.0 Å². The second-order valence-corrected chi connectivity index (χ2v) is 5.62. The molecule has 1 atom stereocenters. The summed E-state index contributed by atoms with van der Waals surface area (Å²) in [7, 11) is 0. The van der Waals surface area contributed by atoms with Gasteiger partial charge in [0.15, 0.2) is 10.8 Å². The smallest absolute Gasteiger partial charge is 0.249 e. The summed E-state index contributed by atoms with van der Waals surface area (Å²) in [4.78, 5) is 24.6. The van der Waals surface area contributed by atoms with E-state index in [0.717, 1.165) is 23.5 Å². The maximum Gasteiger partial charge on any atom is 0.249 e. The monoisotopic (exact) mass is 304 g/mol. The number of ether oxygens (including phenoxy) is 1. The molecular formula is C14H16N4O2S. The number of thiazole rings is 1. The Bertz CT molecular complexity index is 596. The van der Waals surface area contributed by atoms with Gasteiger partial charge in [-0.15, -0.1) is 11.3 Å². The first-order chi connectivity index (χ1) is 10.3. The lowest BCUT2D eigenvalue weighted by atomic mass is 10.2. The molecule has 6 nitrogen and oxygen atoms in total. The molecule has 3 rings (SSSR count). The van der Waals surface area contributed by atoms with Gasteiger partial charge in [-0.3, -0.25) is 4.79 Å². The van der Waals surface area contributed by atoms with Crippen molar-refractivity contribution in [2.75, 3.05) is 13.2 Å². The van der Waals surface area contributed by atoms with Crippen molar-refractivity contribution in [1.29, 1.82) is 0 Å². The van der Waals surface area contributed by atoms with Crippen molar-refractivity contribution in [2.24, 2.45) is 0 Å². The van der Waals surface area contributed by atoms with Crippen molar-refractivity contribution in [2.45, 2.75) is 25.4 Å². The molecular weight excluding hydrogens is 288 g/mol. The van der Waals surface area contributed by atoms with Crippen LogP contribution in [0.1, 0.15) is 18.5 Å². The van der Waals surface area contributed by atoms with Crippen LogP contribution in [0, 0.1) is 0 Å². The molecule has 1 aliphatic heterocycles. The van der Waals surface area contributed by atoms with E-state index in [2.05, 4.69) is 20.3 Å². The zero-order chi connectivity index (χ0) is 14.5. The molecule has 1 N–H and O–H groups in total. The van der Waals surface area contributed by atoms with E-state index in [1.807, 2.05) is 5.38 Å². The predicted molar refractivity (Wildman–Crippen MR) is 78.8 cm³/mol. The van der Waals surface area contributed by atoms with E-state index >= 15 is 0 Å². The van der Waals surface area contributed by atoms with Gasteiger partial charge in [0.1, 0.15) is 6.10 Å². The molecule has 110 valence electrons. The Morgan fingerprint density at radius 3 is 3.05 bits per heavy atom. The number of hydrogen-bond acceptors (Lipinski definition) is 6. The number of rotatable bonds is 5. The van der Waals surface area contributed by atoms with E-state index in [-0.39, 0.29) is 12.0 Å². The largest absolute Gasteiger partial charge is 0.368 e. The van der Waals surface area contributed by atoms with Gasteiger partial charge in [0.25, 0.3) is 0 Å². The maximum absolute atomic E-state index is 11.8. The fourth-order valence-corrected chi connectivity index (χ4v) is 2.95.